The maximum absolute atomic E-state index is 12.0. The molecule has 0 bridgehead atoms. The molecule has 0 aliphatic carbocycles. The Labute approximate surface area is 164 Å². The molecular formula is C18H16ClN3O2S2. The van der Waals surface area contributed by atoms with Crippen molar-refractivity contribution in [3.05, 3.63) is 64.7 Å². The molecule has 0 radical (unpaired) electrons. The summed E-state index contributed by atoms with van der Waals surface area (Å²) in [4.78, 5) is 12.0. The minimum atomic E-state index is -0.309. The van der Waals surface area contributed by atoms with Crippen LogP contribution in [0.1, 0.15) is 11.1 Å². The van der Waals surface area contributed by atoms with Gasteiger partial charge in [-0.15, -0.1) is 10.2 Å². The first-order valence-corrected chi connectivity index (χ1v) is 9.97. The minimum Gasteiger partial charge on any atom is -0.482 e. The van der Waals surface area contributed by atoms with Crippen LogP contribution in [0.3, 0.4) is 0 Å². The summed E-state index contributed by atoms with van der Waals surface area (Å²) >= 11 is 8.91. The van der Waals surface area contributed by atoms with Gasteiger partial charge in [0.25, 0.3) is 5.91 Å². The molecule has 0 aliphatic heterocycles. The second kappa shape index (κ2) is 9.02. The number of carbonyl (C=O) groups excluding carboxylic acids is 1. The van der Waals surface area contributed by atoms with Gasteiger partial charge in [0.1, 0.15) is 5.75 Å². The molecule has 5 nitrogen and oxygen atoms in total. The van der Waals surface area contributed by atoms with E-state index in [2.05, 4.69) is 40.6 Å². The second-order valence-electron chi connectivity index (χ2n) is 5.42. The third kappa shape index (κ3) is 5.45. The van der Waals surface area contributed by atoms with Crippen LogP contribution in [-0.4, -0.2) is 22.7 Å². The van der Waals surface area contributed by atoms with Crippen molar-refractivity contribution in [3.63, 3.8) is 0 Å². The van der Waals surface area contributed by atoms with Gasteiger partial charge >= 0.3 is 0 Å². The van der Waals surface area contributed by atoms with Crippen LogP contribution in [0.2, 0.25) is 5.02 Å². The number of thioether (sulfide) groups is 1. The summed E-state index contributed by atoms with van der Waals surface area (Å²) in [6, 6.07) is 15.3. The summed E-state index contributed by atoms with van der Waals surface area (Å²) in [7, 11) is 0. The molecular weight excluding hydrogens is 390 g/mol. The van der Waals surface area contributed by atoms with Crippen molar-refractivity contribution in [3.8, 4) is 5.75 Å². The molecule has 0 atom stereocenters. The predicted molar refractivity (Wildman–Crippen MR) is 106 cm³/mol. The Morgan fingerprint density at radius 1 is 1.23 bits per heavy atom. The van der Waals surface area contributed by atoms with E-state index >= 15 is 0 Å². The Morgan fingerprint density at radius 2 is 2.08 bits per heavy atom. The molecule has 1 amide bonds. The summed E-state index contributed by atoms with van der Waals surface area (Å²) in [5.41, 5.74) is 2.45. The predicted octanol–water partition coefficient (Wildman–Crippen LogP) is 4.81. The molecule has 1 aromatic heterocycles. The zero-order chi connectivity index (χ0) is 18.4. The van der Waals surface area contributed by atoms with E-state index in [1.807, 2.05) is 6.07 Å². The number of carbonyl (C=O) groups is 1. The van der Waals surface area contributed by atoms with E-state index in [9.17, 15) is 4.79 Å². The minimum absolute atomic E-state index is 0.144. The van der Waals surface area contributed by atoms with Crippen molar-refractivity contribution in [2.75, 3.05) is 11.9 Å². The SMILES string of the molecule is Cc1cccc(CSc2nnc(NC(=O)COc3ccccc3Cl)s2)c1. The van der Waals surface area contributed by atoms with E-state index in [0.717, 1.165) is 10.1 Å². The van der Waals surface area contributed by atoms with Crippen molar-refractivity contribution >= 4 is 45.7 Å². The van der Waals surface area contributed by atoms with Gasteiger partial charge in [-0.05, 0) is 24.6 Å². The lowest BCUT2D eigenvalue weighted by molar-refractivity contribution is -0.118. The van der Waals surface area contributed by atoms with E-state index in [0.29, 0.717) is 15.9 Å². The number of para-hydroxylation sites is 1. The average Bonchev–Trinajstić information content (AvgIpc) is 3.07. The molecule has 3 rings (SSSR count). The summed E-state index contributed by atoms with van der Waals surface area (Å²) in [6.07, 6.45) is 0. The van der Waals surface area contributed by atoms with Gasteiger partial charge in [0, 0.05) is 5.75 Å². The number of rotatable bonds is 7. The number of amides is 1. The number of aromatic nitrogens is 2. The number of halogens is 1. The molecule has 0 saturated carbocycles. The zero-order valence-corrected chi connectivity index (χ0v) is 16.3. The highest BCUT2D eigenvalue weighted by Gasteiger charge is 2.10. The van der Waals surface area contributed by atoms with Crippen molar-refractivity contribution < 1.29 is 9.53 Å². The van der Waals surface area contributed by atoms with E-state index in [1.54, 1.807) is 36.0 Å². The molecule has 8 heteroatoms. The van der Waals surface area contributed by atoms with Crippen LogP contribution in [0.15, 0.2) is 52.9 Å². The van der Waals surface area contributed by atoms with Crippen LogP contribution >= 0.6 is 34.7 Å². The largest absolute Gasteiger partial charge is 0.482 e. The van der Waals surface area contributed by atoms with E-state index in [4.69, 9.17) is 16.3 Å². The van der Waals surface area contributed by atoms with Gasteiger partial charge in [0.15, 0.2) is 10.9 Å². The van der Waals surface area contributed by atoms with Crippen molar-refractivity contribution in [1.29, 1.82) is 0 Å². The molecule has 1 heterocycles. The summed E-state index contributed by atoms with van der Waals surface area (Å²) < 4.78 is 6.20. The Morgan fingerprint density at radius 3 is 2.88 bits per heavy atom. The maximum atomic E-state index is 12.0. The third-order valence-electron chi connectivity index (χ3n) is 3.29. The van der Waals surface area contributed by atoms with E-state index < -0.39 is 0 Å². The number of hydrogen-bond donors (Lipinski definition) is 1. The molecule has 26 heavy (non-hydrogen) atoms. The van der Waals surface area contributed by atoms with Gasteiger partial charge in [0.2, 0.25) is 5.13 Å². The lowest BCUT2D eigenvalue weighted by Gasteiger charge is -2.06. The van der Waals surface area contributed by atoms with Gasteiger partial charge in [-0.3, -0.25) is 10.1 Å². The highest BCUT2D eigenvalue weighted by atomic mass is 35.5. The van der Waals surface area contributed by atoms with Crippen molar-refractivity contribution in [2.24, 2.45) is 0 Å². The van der Waals surface area contributed by atoms with E-state index in [-0.39, 0.29) is 12.5 Å². The van der Waals surface area contributed by atoms with E-state index in [1.165, 1.54) is 22.5 Å². The number of nitrogens with zero attached hydrogens (tertiary/aromatic N) is 2. The molecule has 2 aromatic carbocycles. The van der Waals surface area contributed by atoms with Gasteiger partial charge in [-0.2, -0.15) is 0 Å². The zero-order valence-electron chi connectivity index (χ0n) is 13.9. The molecule has 0 unspecified atom stereocenters. The third-order valence-corrected chi connectivity index (χ3v) is 5.65. The summed E-state index contributed by atoms with van der Waals surface area (Å²) in [6.45, 7) is 1.92. The summed E-state index contributed by atoms with van der Waals surface area (Å²) in [5, 5.41) is 11.7. The second-order valence-corrected chi connectivity index (χ2v) is 8.03. The van der Waals surface area contributed by atoms with Crippen molar-refractivity contribution in [1.82, 2.24) is 10.2 Å². The first-order valence-electron chi connectivity index (χ1n) is 7.79. The molecule has 0 spiro atoms. The number of anilines is 1. The first kappa shape index (κ1) is 18.7. The highest BCUT2D eigenvalue weighted by Crippen LogP contribution is 2.28. The fourth-order valence-corrected chi connectivity index (χ4v) is 4.03. The molecule has 3 aromatic rings. The van der Waals surface area contributed by atoms with Crippen LogP contribution in [0, 0.1) is 6.92 Å². The Balaban J connectivity index is 1.48. The monoisotopic (exact) mass is 405 g/mol. The topological polar surface area (TPSA) is 64.1 Å². The Bertz CT molecular complexity index is 901. The Hall–Kier alpha value is -2.09. The molecule has 0 fully saturated rings. The van der Waals surface area contributed by atoms with Crippen LogP contribution in [0.4, 0.5) is 5.13 Å². The number of aryl methyl sites for hydroxylation is 1. The number of hydrogen-bond acceptors (Lipinski definition) is 6. The van der Waals surface area contributed by atoms with Crippen LogP contribution in [0.5, 0.6) is 5.75 Å². The van der Waals surface area contributed by atoms with Crippen LogP contribution in [-0.2, 0) is 10.5 Å². The molecule has 0 saturated heterocycles. The number of nitrogens with one attached hydrogen (secondary N) is 1. The highest BCUT2D eigenvalue weighted by molar-refractivity contribution is 8.00. The molecule has 1 N–H and O–H groups in total. The normalized spacial score (nSPS) is 10.5. The maximum Gasteiger partial charge on any atom is 0.264 e. The quantitative estimate of drug-likeness (QED) is 0.451. The van der Waals surface area contributed by atoms with Gasteiger partial charge in [-0.1, -0.05) is 76.7 Å². The van der Waals surface area contributed by atoms with Crippen molar-refractivity contribution in [2.45, 2.75) is 17.0 Å². The first-order chi connectivity index (χ1) is 12.6. The number of ether oxygens (including phenoxy) is 1. The van der Waals surface area contributed by atoms with Gasteiger partial charge < -0.3 is 4.74 Å². The van der Waals surface area contributed by atoms with Crippen LogP contribution < -0.4 is 10.1 Å². The fraction of sp³-hybridized carbons (Fsp3) is 0.167. The standard InChI is InChI=1S/C18H16ClN3O2S2/c1-12-5-4-6-13(9-12)11-25-18-22-21-17(26-18)20-16(23)10-24-15-8-3-2-7-14(15)19/h2-9H,10-11H2,1H3,(H,20,21,23). The molecule has 0 aliphatic rings. The lowest BCUT2D eigenvalue weighted by Crippen LogP contribution is -2.20. The van der Waals surface area contributed by atoms with Crippen LogP contribution in [0.25, 0.3) is 0 Å². The number of benzene rings is 2. The lowest BCUT2D eigenvalue weighted by atomic mass is 10.2. The fourth-order valence-electron chi connectivity index (χ4n) is 2.13. The smallest absolute Gasteiger partial charge is 0.264 e. The summed E-state index contributed by atoms with van der Waals surface area (Å²) in [5.74, 6) is 0.965. The van der Waals surface area contributed by atoms with Gasteiger partial charge in [-0.25, -0.2) is 0 Å². The average molecular weight is 406 g/mol. The van der Waals surface area contributed by atoms with Gasteiger partial charge in [0.05, 0.1) is 5.02 Å². The Kier molecular flexibility index (Phi) is 6.49. The molecule has 134 valence electrons.